The van der Waals surface area contributed by atoms with Crippen molar-refractivity contribution in [2.75, 3.05) is 0 Å². The van der Waals surface area contributed by atoms with E-state index in [4.69, 9.17) is 16.8 Å². The van der Waals surface area contributed by atoms with Gasteiger partial charge in [-0.15, -0.1) is 0 Å². The molecule has 0 spiro atoms. The van der Waals surface area contributed by atoms with Gasteiger partial charge in [0.15, 0.2) is 8.32 Å². The summed E-state index contributed by atoms with van der Waals surface area (Å²) in [7, 11) is -8.27. The lowest BCUT2D eigenvalue weighted by atomic mass is 10.2. The van der Waals surface area contributed by atoms with Crippen molar-refractivity contribution < 1.29 is 16.8 Å². The van der Waals surface area contributed by atoms with Crippen LogP contribution in [0.15, 0.2) is 0 Å². The molecule has 128 valence electrons. The minimum Gasteiger partial charge on any atom is -0.437 e. The number of hydrogen-bond acceptors (Lipinski definition) is 4. The van der Waals surface area contributed by atoms with Gasteiger partial charge in [0.05, 0.1) is 5.60 Å². The van der Waals surface area contributed by atoms with Crippen LogP contribution in [-0.2, 0) is 16.8 Å². The molecule has 4 nitrogen and oxygen atoms in total. The van der Waals surface area contributed by atoms with E-state index >= 15 is 0 Å². The van der Waals surface area contributed by atoms with Gasteiger partial charge >= 0.3 is 25.7 Å². The van der Waals surface area contributed by atoms with Gasteiger partial charge in [-0.25, -0.2) is 0 Å². The predicted octanol–water partition coefficient (Wildman–Crippen LogP) is 4.79. The minimum absolute atomic E-state index is 0.192. The molecular weight excluding hydrogens is 332 g/mol. The molecule has 21 heavy (non-hydrogen) atoms. The number of hydrogen-bond donors (Lipinski definition) is 0. The highest BCUT2D eigenvalue weighted by atomic mass is 28.5. The van der Waals surface area contributed by atoms with E-state index < -0.39 is 34.0 Å². The Kier molecular flexibility index (Phi) is 6.90. The fraction of sp³-hybridized carbons (Fsp3) is 1.00. The molecule has 0 aliphatic rings. The Bertz CT molecular complexity index is 311. The summed E-state index contributed by atoms with van der Waals surface area (Å²) in [4.78, 5) is 0. The highest BCUT2D eigenvalue weighted by Crippen LogP contribution is 2.26. The lowest BCUT2D eigenvalue weighted by Crippen LogP contribution is -2.57. The van der Waals surface area contributed by atoms with Crippen molar-refractivity contribution in [1.29, 1.82) is 0 Å². The summed E-state index contributed by atoms with van der Waals surface area (Å²) in [5, 5.41) is 0. The lowest BCUT2D eigenvalue weighted by Gasteiger charge is -2.41. The molecule has 0 amide bonds. The van der Waals surface area contributed by atoms with E-state index in [-0.39, 0.29) is 5.60 Å². The summed E-state index contributed by atoms with van der Waals surface area (Å²) in [5.41, 5.74) is -0.192. The van der Waals surface area contributed by atoms with Crippen molar-refractivity contribution in [2.45, 2.75) is 85.3 Å². The van der Waals surface area contributed by atoms with Gasteiger partial charge in [0.1, 0.15) is 0 Å². The van der Waals surface area contributed by atoms with Crippen molar-refractivity contribution in [3.8, 4) is 0 Å². The zero-order chi connectivity index (χ0) is 17.3. The SMILES string of the molecule is CC(C)(C)O[Si](C)(C)O[Si](C)(C)O[Si](C)(C)O[Si](C)(C)C. The summed E-state index contributed by atoms with van der Waals surface area (Å²) < 4.78 is 25.1. The molecule has 0 atom stereocenters. The monoisotopic (exact) mass is 368 g/mol. The van der Waals surface area contributed by atoms with Crippen LogP contribution in [0, 0.1) is 0 Å². The minimum atomic E-state index is -2.28. The first kappa shape index (κ1) is 21.7. The summed E-state index contributed by atoms with van der Waals surface area (Å²) in [6.07, 6.45) is 0. The normalized spacial score (nSPS) is 15.4. The van der Waals surface area contributed by atoms with Crippen LogP contribution >= 0.6 is 0 Å². The molecule has 0 aliphatic carbocycles. The Morgan fingerprint density at radius 3 is 1.19 bits per heavy atom. The van der Waals surface area contributed by atoms with Crippen LogP contribution < -0.4 is 0 Å². The van der Waals surface area contributed by atoms with E-state index in [0.29, 0.717) is 0 Å². The lowest BCUT2D eigenvalue weighted by molar-refractivity contribution is 0.0887. The maximum Gasteiger partial charge on any atom is 0.323 e. The first-order valence-corrected chi connectivity index (χ1v) is 19.5. The fourth-order valence-electron chi connectivity index (χ4n) is 2.72. The van der Waals surface area contributed by atoms with E-state index in [1.165, 1.54) is 0 Å². The largest absolute Gasteiger partial charge is 0.437 e. The van der Waals surface area contributed by atoms with Gasteiger partial charge in [0.2, 0.25) is 0 Å². The first-order valence-electron chi connectivity index (χ1n) is 7.63. The number of rotatable bonds is 7. The van der Waals surface area contributed by atoms with Crippen molar-refractivity contribution in [1.82, 2.24) is 0 Å². The van der Waals surface area contributed by atoms with Gasteiger partial charge in [-0.05, 0) is 79.7 Å². The summed E-state index contributed by atoms with van der Waals surface area (Å²) in [6.45, 7) is 25.4. The summed E-state index contributed by atoms with van der Waals surface area (Å²) >= 11 is 0. The molecule has 0 aromatic rings. The molecule has 0 N–H and O–H groups in total. The summed E-state index contributed by atoms with van der Waals surface area (Å²) in [6, 6.07) is 0. The van der Waals surface area contributed by atoms with E-state index in [1.54, 1.807) is 0 Å². The van der Waals surface area contributed by atoms with Crippen molar-refractivity contribution in [2.24, 2.45) is 0 Å². The molecule has 0 bridgehead atoms. The highest BCUT2D eigenvalue weighted by Gasteiger charge is 2.44. The Morgan fingerprint density at radius 1 is 0.524 bits per heavy atom. The zero-order valence-electron chi connectivity index (χ0n) is 16.1. The van der Waals surface area contributed by atoms with Gasteiger partial charge in [0.25, 0.3) is 0 Å². The van der Waals surface area contributed by atoms with Crippen LogP contribution in [0.4, 0.5) is 0 Å². The molecule has 0 fully saturated rings. The average Bonchev–Trinajstić information content (AvgIpc) is 1.83. The second-order valence-electron chi connectivity index (χ2n) is 8.83. The molecule has 0 aliphatic heterocycles. The maximum absolute atomic E-state index is 6.37. The van der Waals surface area contributed by atoms with Crippen molar-refractivity contribution in [3.05, 3.63) is 0 Å². The van der Waals surface area contributed by atoms with E-state index in [0.717, 1.165) is 0 Å². The zero-order valence-corrected chi connectivity index (χ0v) is 20.1. The third-order valence-electron chi connectivity index (χ3n) is 2.09. The van der Waals surface area contributed by atoms with Crippen LogP contribution in [0.2, 0.25) is 58.9 Å². The van der Waals surface area contributed by atoms with Gasteiger partial charge in [-0.2, -0.15) is 0 Å². The van der Waals surface area contributed by atoms with E-state index in [2.05, 4.69) is 79.7 Å². The Hall–Kier alpha value is 0.708. The molecule has 0 unspecified atom stereocenters. The standard InChI is InChI=1S/C13H36O4Si4/c1-13(2,3)14-19(7,8)16-21(11,12)17-20(9,10)15-18(4,5)6/h1-12H3. The van der Waals surface area contributed by atoms with Gasteiger partial charge in [0, 0.05) is 0 Å². The second-order valence-corrected chi connectivity index (χ2v) is 24.1. The van der Waals surface area contributed by atoms with Gasteiger partial charge in [-0.1, -0.05) is 0 Å². The second kappa shape index (κ2) is 6.68. The highest BCUT2D eigenvalue weighted by molar-refractivity contribution is 6.88. The molecule has 0 saturated carbocycles. The molecule has 0 heterocycles. The average molecular weight is 369 g/mol. The predicted molar refractivity (Wildman–Crippen MR) is 99.9 cm³/mol. The molecule has 0 rings (SSSR count). The first-order chi connectivity index (χ1) is 8.83. The van der Waals surface area contributed by atoms with Crippen LogP contribution in [0.25, 0.3) is 0 Å². The summed E-state index contributed by atoms with van der Waals surface area (Å²) in [5.74, 6) is 0. The van der Waals surface area contributed by atoms with Crippen LogP contribution in [0.3, 0.4) is 0 Å². The van der Waals surface area contributed by atoms with Crippen LogP contribution in [0.5, 0.6) is 0 Å². The van der Waals surface area contributed by atoms with Crippen molar-refractivity contribution in [3.63, 3.8) is 0 Å². The third kappa shape index (κ3) is 11.9. The molecule has 0 aromatic carbocycles. The molecule has 0 radical (unpaired) electrons. The van der Waals surface area contributed by atoms with Gasteiger partial charge < -0.3 is 16.8 Å². The van der Waals surface area contributed by atoms with Crippen molar-refractivity contribution >= 4 is 34.0 Å². The fourth-order valence-corrected chi connectivity index (χ4v) is 20.8. The molecule has 0 saturated heterocycles. The molecule has 8 heteroatoms. The Morgan fingerprint density at radius 2 is 0.857 bits per heavy atom. The molecular formula is C13H36O4Si4. The van der Waals surface area contributed by atoms with Crippen LogP contribution in [-0.4, -0.2) is 39.6 Å². The topological polar surface area (TPSA) is 36.9 Å². The quantitative estimate of drug-likeness (QED) is 0.605. The maximum atomic E-state index is 6.37. The van der Waals surface area contributed by atoms with E-state index in [9.17, 15) is 0 Å². The van der Waals surface area contributed by atoms with Crippen LogP contribution in [0.1, 0.15) is 20.8 Å². The van der Waals surface area contributed by atoms with E-state index in [1.807, 2.05) is 0 Å². The Balaban J connectivity index is 4.83. The molecule has 0 aromatic heterocycles. The smallest absolute Gasteiger partial charge is 0.323 e. The third-order valence-corrected chi connectivity index (χ3v) is 15.5. The van der Waals surface area contributed by atoms with Gasteiger partial charge in [-0.3, -0.25) is 0 Å². The Labute approximate surface area is 136 Å².